The van der Waals surface area contributed by atoms with Gasteiger partial charge in [-0.15, -0.1) is 0 Å². The Bertz CT molecular complexity index is 394. The van der Waals surface area contributed by atoms with Gasteiger partial charge in [-0.3, -0.25) is 0 Å². The molecule has 0 aliphatic heterocycles. The molecule has 1 aromatic carbocycles. The van der Waals surface area contributed by atoms with Crippen molar-refractivity contribution in [3.05, 3.63) is 32.8 Å². The van der Waals surface area contributed by atoms with E-state index < -0.39 is 0 Å². The molecular weight excluding hydrogens is 259 g/mol. The third-order valence-corrected chi connectivity index (χ3v) is 4.59. The van der Waals surface area contributed by atoms with Crippen LogP contribution >= 0.6 is 27.5 Å². The van der Waals surface area contributed by atoms with Crippen LogP contribution in [0.2, 0.25) is 5.02 Å². The van der Waals surface area contributed by atoms with Crippen LogP contribution in [0.25, 0.3) is 0 Å². The molecule has 0 aromatic heterocycles. The molecule has 1 aromatic rings. The van der Waals surface area contributed by atoms with Gasteiger partial charge in [0.2, 0.25) is 0 Å². The molecule has 0 saturated heterocycles. The largest absolute Gasteiger partial charge is 0.0843 e. The Kier molecular flexibility index (Phi) is 1.97. The molecule has 0 bridgehead atoms. The Morgan fingerprint density at radius 2 is 2.00 bits per heavy atom. The van der Waals surface area contributed by atoms with Crippen molar-refractivity contribution >= 4 is 27.5 Å². The van der Waals surface area contributed by atoms with Gasteiger partial charge in [0.15, 0.2) is 0 Å². The maximum absolute atomic E-state index is 6.11. The lowest BCUT2D eigenvalue weighted by Gasteiger charge is -2.26. The molecule has 2 aliphatic rings. The van der Waals surface area contributed by atoms with Crippen LogP contribution in [0.15, 0.2) is 16.6 Å². The van der Waals surface area contributed by atoms with Gasteiger partial charge in [0.1, 0.15) is 0 Å². The molecule has 3 rings (SSSR count). The van der Waals surface area contributed by atoms with E-state index in [1.54, 1.807) is 0 Å². The van der Waals surface area contributed by atoms with Gasteiger partial charge >= 0.3 is 0 Å². The molecule has 14 heavy (non-hydrogen) atoms. The highest BCUT2D eigenvalue weighted by Crippen LogP contribution is 2.56. The fraction of sp³-hybridized carbons (Fsp3) is 0.500. The smallest absolute Gasteiger partial charge is 0.0420 e. The molecule has 1 saturated carbocycles. The minimum Gasteiger partial charge on any atom is -0.0843 e. The number of halogens is 2. The maximum Gasteiger partial charge on any atom is 0.0420 e. The molecule has 2 aliphatic carbocycles. The quantitative estimate of drug-likeness (QED) is 0.653. The van der Waals surface area contributed by atoms with E-state index in [0.717, 1.165) is 5.02 Å². The van der Waals surface area contributed by atoms with E-state index >= 15 is 0 Å². The Morgan fingerprint density at radius 3 is 2.71 bits per heavy atom. The molecule has 0 amide bonds. The first kappa shape index (κ1) is 9.23. The highest BCUT2D eigenvalue weighted by molar-refractivity contribution is 9.10. The van der Waals surface area contributed by atoms with Gasteiger partial charge < -0.3 is 0 Å². The standard InChI is InChI=1S/C12H12BrCl/c13-11-7-8(14)6-10-9(11)2-1-3-12(10)4-5-12/h6-7H,1-5H2. The highest BCUT2D eigenvalue weighted by atomic mass is 79.9. The number of hydrogen-bond acceptors (Lipinski definition) is 0. The van der Waals surface area contributed by atoms with Crippen LogP contribution < -0.4 is 0 Å². The van der Waals surface area contributed by atoms with Crippen LogP contribution in [-0.2, 0) is 11.8 Å². The highest BCUT2D eigenvalue weighted by Gasteiger charge is 2.46. The summed E-state index contributed by atoms with van der Waals surface area (Å²) in [4.78, 5) is 0. The van der Waals surface area contributed by atoms with Crippen LogP contribution in [0.3, 0.4) is 0 Å². The first-order chi connectivity index (χ1) is 6.71. The number of fused-ring (bicyclic) bond motifs is 2. The molecule has 2 heteroatoms. The molecule has 1 fully saturated rings. The van der Waals surface area contributed by atoms with Gasteiger partial charge in [-0.05, 0) is 60.8 Å². The topological polar surface area (TPSA) is 0 Å². The summed E-state index contributed by atoms with van der Waals surface area (Å²) in [5.74, 6) is 0. The molecule has 74 valence electrons. The van der Waals surface area contributed by atoms with Crippen molar-refractivity contribution in [1.82, 2.24) is 0 Å². The molecule has 0 atom stereocenters. The minimum atomic E-state index is 0.529. The van der Waals surface area contributed by atoms with Crippen molar-refractivity contribution < 1.29 is 0 Å². The average Bonchev–Trinajstić information content (AvgIpc) is 2.88. The number of hydrogen-bond donors (Lipinski definition) is 0. The second kappa shape index (κ2) is 2.99. The summed E-state index contributed by atoms with van der Waals surface area (Å²) in [7, 11) is 0. The summed E-state index contributed by atoms with van der Waals surface area (Å²) in [6, 6.07) is 4.22. The van der Waals surface area contributed by atoms with E-state index in [-0.39, 0.29) is 0 Å². The van der Waals surface area contributed by atoms with E-state index in [0.29, 0.717) is 5.41 Å². The van der Waals surface area contributed by atoms with E-state index in [2.05, 4.69) is 22.0 Å². The van der Waals surface area contributed by atoms with Gasteiger partial charge in [-0.25, -0.2) is 0 Å². The van der Waals surface area contributed by atoms with Gasteiger partial charge in [0.05, 0.1) is 0 Å². The van der Waals surface area contributed by atoms with E-state index in [4.69, 9.17) is 11.6 Å². The summed E-state index contributed by atoms with van der Waals surface area (Å²) >= 11 is 9.73. The Hall–Kier alpha value is -0.0100. The van der Waals surface area contributed by atoms with Crippen LogP contribution in [0.1, 0.15) is 36.8 Å². The van der Waals surface area contributed by atoms with E-state index in [1.165, 1.54) is 47.7 Å². The van der Waals surface area contributed by atoms with Gasteiger partial charge in [0, 0.05) is 9.50 Å². The van der Waals surface area contributed by atoms with Crippen LogP contribution in [0.5, 0.6) is 0 Å². The van der Waals surface area contributed by atoms with Crippen molar-refractivity contribution in [2.75, 3.05) is 0 Å². The molecular formula is C12H12BrCl. The fourth-order valence-corrected chi connectivity index (χ4v) is 3.75. The first-order valence-electron chi connectivity index (χ1n) is 5.20. The lowest BCUT2D eigenvalue weighted by atomic mass is 9.80. The van der Waals surface area contributed by atoms with Crippen LogP contribution in [0.4, 0.5) is 0 Å². The van der Waals surface area contributed by atoms with Crippen LogP contribution in [0, 0.1) is 0 Å². The minimum absolute atomic E-state index is 0.529. The second-order valence-electron chi connectivity index (χ2n) is 4.55. The van der Waals surface area contributed by atoms with Crippen molar-refractivity contribution in [1.29, 1.82) is 0 Å². The van der Waals surface area contributed by atoms with E-state index in [1.807, 2.05) is 6.07 Å². The lowest BCUT2D eigenvalue weighted by molar-refractivity contribution is 0.540. The first-order valence-corrected chi connectivity index (χ1v) is 6.37. The third-order valence-electron chi connectivity index (χ3n) is 3.67. The summed E-state index contributed by atoms with van der Waals surface area (Å²) in [5, 5.41) is 0.879. The van der Waals surface area contributed by atoms with Gasteiger partial charge in [-0.2, -0.15) is 0 Å². The van der Waals surface area contributed by atoms with Crippen LogP contribution in [-0.4, -0.2) is 0 Å². The zero-order valence-corrected chi connectivity index (χ0v) is 10.3. The second-order valence-corrected chi connectivity index (χ2v) is 5.84. The van der Waals surface area contributed by atoms with Crippen molar-refractivity contribution in [2.45, 2.75) is 37.5 Å². The van der Waals surface area contributed by atoms with Crippen molar-refractivity contribution in [3.63, 3.8) is 0 Å². The van der Waals surface area contributed by atoms with Crippen molar-refractivity contribution in [3.8, 4) is 0 Å². The zero-order valence-electron chi connectivity index (χ0n) is 7.95. The number of benzene rings is 1. The summed E-state index contributed by atoms with van der Waals surface area (Å²) in [6.07, 6.45) is 6.66. The molecule has 0 N–H and O–H groups in total. The Labute approximate surface area is 97.8 Å². The summed E-state index contributed by atoms with van der Waals surface area (Å²) in [6.45, 7) is 0. The van der Waals surface area contributed by atoms with Gasteiger partial charge in [-0.1, -0.05) is 27.5 Å². The van der Waals surface area contributed by atoms with Crippen molar-refractivity contribution in [2.24, 2.45) is 0 Å². The summed E-state index contributed by atoms with van der Waals surface area (Å²) < 4.78 is 1.21. The molecule has 0 nitrogen and oxygen atoms in total. The van der Waals surface area contributed by atoms with E-state index in [9.17, 15) is 0 Å². The van der Waals surface area contributed by atoms with Gasteiger partial charge in [0.25, 0.3) is 0 Å². The normalized spacial score (nSPS) is 22.1. The Morgan fingerprint density at radius 1 is 1.21 bits per heavy atom. The Balaban J connectivity index is 2.21. The predicted octanol–water partition coefficient (Wildman–Crippen LogP) is 4.47. The summed E-state index contributed by atoms with van der Waals surface area (Å²) in [5.41, 5.74) is 3.57. The molecule has 1 spiro atoms. The monoisotopic (exact) mass is 270 g/mol. The fourth-order valence-electron chi connectivity index (χ4n) is 2.74. The molecule has 0 heterocycles. The molecule has 0 unspecified atom stereocenters. The zero-order chi connectivity index (χ0) is 9.76. The SMILES string of the molecule is Clc1cc(Br)c2c(c1)C1(CCC2)CC1. The third kappa shape index (κ3) is 1.25. The number of rotatable bonds is 0. The lowest BCUT2D eigenvalue weighted by Crippen LogP contribution is -2.16. The average molecular weight is 272 g/mol. The molecule has 0 radical (unpaired) electrons. The maximum atomic E-state index is 6.11. The predicted molar refractivity (Wildman–Crippen MR) is 63.0 cm³/mol.